The first-order chi connectivity index (χ1) is 12.3. The van der Waals surface area contributed by atoms with Crippen molar-refractivity contribution in [3.63, 3.8) is 0 Å². The van der Waals surface area contributed by atoms with Crippen LogP contribution in [0.15, 0.2) is 36.4 Å². The van der Waals surface area contributed by atoms with Gasteiger partial charge in [-0.2, -0.15) is 0 Å². The molecule has 7 heteroatoms. The van der Waals surface area contributed by atoms with E-state index in [0.717, 1.165) is 18.2 Å². The Balaban J connectivity index is 2.28. The molecule has 0 aliphatic heterocycles. The van der Waals surface area contributed by atoms with Gasteiger partial charge < -0.3 is 9.47 Å². The van der Waals surface area contributed by atoms with Crippen molar-refractivity contribution in [3.05, 3.63) is 59.3 Å². The van der Waals surface area contributed by atoms with Crippen LogP contribution in [0, 0.1) is 18.6 Å². The Kier molecular flexibility index (Phi) is 4.46. The van der Waals surface area contributed by atoms with Gasteiger partial charge in [-0.1, -0.05) is 0 Å². The van der Waals surface area contributed by atoms with Gasteiger partial charge in [0.2, 0.25) is 0 Å². The molecule has 0 aliphatic rings. The predicted molar refractivity (Wildman–Crippen MR) is 90.6 cm³/mol. The molecule has 0 atom stereocenters. The molecule has 3 aromatic rings. The van der Waals surface area contributed by atoms with Gasteiger partial charge in [-0.05, 0) is 37.3 Å². The molecule has 1 aromatic heterocycles. The van der Waals surface area contributed by atoms with Crippen LogP contribution < -0.4 is 9.47 Å². The van der Waals surface area contributed by atoms with Crippen LogP contribution >= 0.6 is 0 Å². The molecule has 0 aliphatic carbocycles. The fraction of sp³-hybridized carbons (Fsp3) is 0.158. The second-order valence-electron chi connectivity index (χ2n) is 5.66. The number of rotatable bonds is 3. The van der Waals surface area contributed by atoms with Gasteiger partial charge in [0.05, 0.1) is 18.3 Å². The summed E-state index contributed by atoms with van der Waals surface area (Å²) < 4.78 is 38.8. The average molecular weight is 359 g/mol. The number of methoxy groups -OCH3 is 1. The maximum atomic E-state index is 14.2. The molecule has 0 unspecified atom stereocenters. The molecule has 0 bridgehead atoms. The predicted octanol–water partition coefficient (Wildman–Crippen LogP) is 3.85. The highest BCUT2D eigenvalue weighted by molar-refractivity contribution is 6.05. The summed E-state index contributed by atoms with van der Waals surface area (Å²) >= 11 is 0. The van der Waals surface area contributed by atoms with E-state index in [9.17, 15) is 18.4 Å². The first-order valence-electron chi connectivity index (χ1n) is 7.70. The van der Waals surface area contributed by atoms with Gasteiger partial charge in [-0.25, -0.2) is 8.78 Å². The Hall–Kier alpha value is -3.22. The van der Waals surface area contributed by atoms with Gasteiger partial charge in [0, 0.05) is 23.9 Å². The Morgan fingerprint density at radius 2 is 1.73 bits per heavy atom. The number of halogens is 2. The van der Waals surface area contributed by atoms with Gasteiger partial charge in [0.15, 0.2) is 17.3 Å². The zero-order chi connectivity index (χ0) is 19.0. The van der Waals surface area contributed by atoms with Crippen molar-refractivity contribution in [2.75, 3.05) is 7.11 Å². The average Bonchev–Trinajstić information content (AvgIpc) is 2.85. The molecule has 0 saturated heterocycles. The second-order valence-corrected chi connectivity index (χ2v) is 5.66. The second kappa shape index (κ2) is 6.59. The molecule has 0 saturated carbocycles. The molecular formula is C19H15F2NO4. The molecule has 0 amide bonds. The van der Waals surface area contributed by atoms with Gasteiger partial charge in [-0.3, -0.25) is 14.2 Å². The van der Waals surface area contributed by atoms with E-state index in [1.54, 1.807) is 6.92 Å². The van der Waals surface area contributed by atoms with Crippen LogP contribution in [0.4, 0.5) is 8.78 Å². The fourth-order valence-electron chi connectivity index (χ4n) is 2.80. The van der Waals surface area contributed by atoms with E-state index in [-0.39, 0.29) is 22.6 Å². The molecule has 3 rings (SSSR count). The third-order valence-electron chi connectivity index (χ3n) is 3.96. The van der Waals surface area contributed by atoms with E-state index in [2.05, 4.69) is 0 Å². The highest BCUT2D eigenvalue weighted by Gasteiger charge is 2.24. The van der Waals surface area contributed by atoms with Crippen molar-refractivity contribution in [2.45, 2.75) is 13.8 Å². The number of nitrogens with zero attached hydrogens (tertiary/aromatic N) is 1. The van der Waals surface area contributed by atoms with Crippen LogP contribution in [0.5, 0.6) is 11.5 Å². The van der Waals surface area contributed by atoms with Crippen LogP contribution in [0.3, 0.4) is 0 Å². The summed E-state index contributed by atoms with van der Waals surface area (Å²) in [4.78, 5) is 24.4. The number of hydrogen-bond donors (Lipinski definition) is 0. The van der Waals surface area contributed by atoms with Gasteiger partial charge in [0.1, 0.15) is 5.82 Å². The highest BCUT2D eigenvalue weighted by atomic mass is 19.1. The molecule has 26 heavy (non-hydrogen) atoms. The van der Waals surface area contributed by atoms with Crippen molar-refractivity contribution >= 4 is 22.8 Å². The van der Waals surface area contributed by atoms with E-state index < -0.39 is 23.5 Å². The lowest BCUT2D eigenvalue weighted by Gasteiger charge is -2.08. The maximum absolute atomic E-state index is 14.2. The first-order valence-corrected chi connectivity index (χ1v) is 7.70. The minimum absolute atomic E-state index is 0.0442. The monoisotopic (exact) mass is 359 g/mol. The number of benzene rings is 2. The Morgan fingerprint density at radius 1 is 1.08 bits per heavy atom. The topological polar surface area (TPSA) is 57.5 Å². The van der Waals surface area contributed by atoms with Gasteiger partial charge >= 0.3 is 5.97 Å². The third kappa shape index (κ3) is 2.92. The lowest BCUT2D eigenvalue weighted by atomic mass is 10.2. The minimum atomic E-state index is -0.667. The number of aromatic nitrogens is 1. The molecule has 0 radical (unpaired) electrons. The number of carbonyl (C=O) groups excluding carboxylic acids is 2. The number of fused-ring (bicyclic) bond motifs is 1. The van der Waals surface area contributed by atoms with Crippen LogP contribution in [0.25, 0.3) is 10.9 Å². The molecular weight excluding hydrogens is 344 g/mol. The summed E-state index contributed by atoms with van der Waals surface area (Å²) in [5, 5.41) is 0.353. The summed E-state index contributed by atoms with van der Waals surface area (Å²) in [6, 6.07) is 7.47. The zero-order valence-electron chi connectivity index (χ0n) is 14.3. The number of ether oxygens (including phenoxy) is 2. The molecule has 0 N–H and O–H groups in total. The van der Waals surface area contributed by atoms with Crippen LogP contribution in [-0.2, 0) is 4.79 Å². The van der Waals surface area contributed by atoms with E-state index in [1.807, 2.05) is 0 Å². The van der Waals surface area contributed by atoms with Crippen LogP contribution in [-0.4, -0.2) is 23.6 Å². The van der Waals surface area contributed by atoms with Crippen molar-refractivity contribution in [2.24, 2.45) is 0 Å². The number of carbonyl (C=O) groups is 2. The molecule has 1 heterocycles. The van der Waals surface area contributed by atoms with E-state index in [4.69, 9.17) is 9.47 Å². The van der Waals surface area contributed by atoms with Gasteiger partial charge in [0.25, 0.3) is 5.91 Å². The third-order valence-corrected chi connectivity index (χ3v) is 3.96. The molecule has 0 fully saturated rings. The lowest BCUT2D eigenvalue weighted by Crippen LogP contribution is -2.14. The summed E-state index contributed by atoms with van der Waals surface area (Å²) in [6.45, 7) is 2.80. The Labute approximate surface area is 147 Å². The zero-order valence-corrected chi connectivity index (χ0v) is 14.3. The summed E-state index contributed by atoms with van der Waals surface area (Å²) in [5.74, 6) is -2.13. The molecule has 134 valence electrons. The van der Waals surface area contributed by atoms with E-state index in [0.29, 0.717) is 11.1 Å². The molecule has 0 spiro atoms. The largest absolute Gasteiger partial charge is 0.494 e. The number of hydrogen-bond acceptors (Lipinski definition) is 4. The molecule has 5 nitrogen and oxygen atoms in total. The lowest BCUT2D eigenvalue weighted by molar-refractivity contribution is -0.131. The summed E-state index contributed by atoms with van der Waals surface area (Å²) in [7, 11) is 1.31. The van der Waals surface area contributed by atoms with Crippen LogP contribution in [0.1, 0.15) is 23.0 Å². The van der Waals surface area contributed by atoms with Gasteiger partial charge in [-0.15, -0.1) is 0 Å². The maximum Gasteiger partial charge on any atom is 0.308 e. The molecule has 2 aromatic carbocycles. The van der Waals surface area contributed by atoms with Crippen molar-refractivity contribution in [3.8, 4) is 11.5 Å². The Bertz CT molecular complexity index is 1020. The van der Waals surface area contributed by atoms with E-state index in [1.165, 1.54) is 36.8 Å². The highest BCUT2D eigenvalue weighted by Crippen LogP contribution is 2.37. The standard InChI is InChI=1S/C19H15F2NO4/c1-10-18(26-11(2)23)14-8-17(25-3)15(21)9-16(14)22(10)19(24)12-4-6-13(20)7-5-12/h4-9H,1-3H3. The minimum Gasteiger partial charge on any atom is -0.494 e. The summed E-state index contributed by atoms with van der Waals surface area (Å²) in [5.41, 5.74) is 0.737. The first kappa shape index (κ1) is 17.6. The fourth-order valence-corrected chi connectivity index (χ4v) is 2.80. The van der Waals surface area contributed by atoms with Crippen molar-refractivity contribution in [1.29, 1.82) is 0 Å². The summed E-state index contributed by atoms with van der Waals surface area (Å²) in [6.07, 6.45) is 0. The quantitative estimate of drug-likeness (QED) is 0.667. The number of esters is 1. The van der Waals surface area contributed by atoms with Crippen LogP contribution in [0.2, 0.25) is 0 Å². The Morgan fingerprint density at radius 3 is 2.31 bits per heavy atom. The van der Waals surface area contributed by atoms with E-state index >= 15 is 0 Å². The van der Waals surface area contributed by atoms with Crippen molar-refractivity contribution in [1.82, 2.24) is 4.57 Å². The van der Waals surface area contributed by atoms with Crippen molar-refractivity contribution < 1.29 is 27.8 Å². The SMILES string of the molecule is COc1cc2c(OC(C)=O)c(C)n(C(=O)c3ccc(F)cc3)c2cc1F. The normalized spacial score (nSPS) is 10.8. The smallest absolute Gasteiger partial charge is 0.308 e.